The highest BCUT2D eigenvalue weighted by atomic mass is 16.4. The summed E-state index contributed by atoms with van der Waals surface area (Å²) < 4.78 is 0. The van der Waals surface area contributed by atoms with Gasteiger partial charge in [-0.25, -0.2) is 4.79 Å². The molecule has 0 aromatic carbocycles. The van der Waals surface area contributed by atoms with Gasteiger partial charge in [-0.05, 0) is 36.0 Å². The van der Waals surface area contributed by atoms with E-state index in [-0.39, 0.29) is 16.4 Å². The second-order valence-electron chi connectivity index (χ2n) is 6.56. The first-order valence-electron chi connectivity index (χ1n) is 6.40. The molecule has 3 nitrogen and oxygen atoms in total. The standard InChI is InChI=1S/C14H22O3/c1-13(2)5-4-6-14(3)8-9(12(16)17)10(15)7-11(13)14/h8,10-11,15H,4-7H2,1-3H3,(H,16,17)/t10-,11-,14-/m0/s1. The van der Waals surface area contributed by atoms with Gasteiger partial charge >= 0.3 is 5.97 Å². The Bertz CT molecular complexity index is 370. The summed E-state index contributed by atoms with van der Waals surface area (Å²) >= 11 is 0. The van der Waals surface area contributed by atoms with Gasteiger partial charge in [0.15, 0.2) is 0 Å². The van der Waals surface area contributed by atoms with Crippen molar-refractivity contribution in [3.05, 3.63) is 11.6 Å². The fraction of sp³-hybridized carbons (Fsp3) is 0.786. The number of hydrogen-bond donors (Lipinski definition) is 2. The van der Waals surface area contributed by atoms with E-state index in [4.69, 9.17) is 5.11 Å². The SMILES string of the molecule is CC1(C)CCC[C@@]2(C)C=C(C(=O)O)[C@@H](O)C[C@@H]12. The number of hydrogen-bond acceptors (Lipinski definition) is 2. The molecule has 96 valence electrons. The lowest BCUT2D eigenvalue weighted by Crippen LogP contribution is -2.46. The number of carboxylic acid groups (broad SMARTS) is 1. The quantitative estimate of drug-likeness (QED) is 0.738. The molecule has 3 heteroatoms. The first kappa shape index (κ1) is 12.6. The molecule has 0 amide bonds. The second kappa shape index (κ2) is 3.84. The molecular formula is C14H22O3. The maximum absolute atomic E-state index is 11.1. The van der Waals surface area contributed by atoms with E-state index in [1.165, 1.54) is 0 Å². The van der Waals surface area contributed by atoms with E-state index in [0.717, 1.165) is 19.3 Å². The largest absolute Gasteiger partial charge is 0.478 e. The zero-order chi connectivity index (χ0) is 12.8. The number of carboxylic acids is 1. The maximum Gasteiger partial charge on any atom is 0.333 e. The Morgan fingerprint density at radius 2 is 2.00 bits per heavy atom. The van der Waals surface area contributed by atoms with Crippen molar-refractivity contribution < 1.29 is 15.0 Å². The van der Waals surface area contributed by atoms with Crippen LogP contribution in [0, 0.1) is 16.7 Å². The molecule has 2 aliphatic rings. The third-order valence-corrected chi connectivity index (χ3v) is 4.83. The number of rotatable bonds is 1. The summed E-state index contributed by atoms with van der Waals surface area (Å²) in [6.45, 7) is 6.62. The van der Waals surface area contributed by atoms with Gasteiger partial charge in [0.25, 0.3) is 0 Å². The van der Waals surface area contributed by atoms with Crippen molar-refractivity contribution in [3.8, 4) is 0 Å². The van der Waals surface area contributed by atoms with Crippen LogP contribution in [-0.4, -0.2) is 22.3 Å². The van der Waals surface area contributed by atoms with Crippen LogP contribution in [0.15, 0.2) is 11.6 Å². The number of aliphatic hydroxyl groups is 1. The molecule has 0 aromatic rings. The molecule has 0 aliphatic heterocycles. The van der Waals surface area contributed by atoms with E-state index in [1.807, 2.05) is 6.08 Å². The third kappa shape index (κ3) is 2.01. The van der Waals surface area contributed by atoms with Crippen molar-refractivity contribution in [1.29, 1.82) is 0 Å². The maximum atomic E-state index is 11.1. The normalized spacial score (nSPS) is 40.4. The van der Waals surface area contributed by atoms with Crippen LogP contribution in [0.1, 0.15) is 46.5 Å². The van der Waals surface area contributed by atoms with E-state index in [2.05, 4.69) is 20.8 Å². The van der Waals surface area contributed by atoms with Crippen LogP contribution in [0.3, 0.4) is 0 Å². The van der Waals surface area contributed by atoms with Gasteiger partial charge in [-0.15, -0.1) is 0 Å². The Balaban J connectivity index is 2.41. The fourth-order valence-electron chi connectivity index (χ4n) is 3.93. The van der Waals surface area contributed by atoms with Gasteiger partial charge in [0.1, 0.15) is 0 Å². The second-order valence-corrected chi connectivity index (χ2v) is 6.56. The number of aliphatic hydroxyl groups excluding tert-OH is 1. The minimum atomic E-state index is -0.972. The van der Waals surface area contributed by atoms with E-state index in [9.17, 15) is 9.90 Å². The molecule has 2 N–H and O–H groups in total. The van der Waals surface area contributed by atoms with Crippen LogP contribution in [0.25, 0.3) is 0 Å². The first-order valence-corrected chi connectivity index (χ1v) is 6.40. The Labute approximate surface area is 103 Å². The fourth-order valence-corrected chi connectivity index (χ4v) is 3.93. The summed E-state index contributed by atoms with van der Waals surface area (Å²) in [4.78, 5) is 11.1. The number of fused-ring (bicyclic) bond motifs is 1. The lowest BCUT2D eigenvalue weighted by atomic mass is 9.52. The van der Waals surface area contributed by atoms with Crippen LogP contribution in [0.5, 0.6) is 0 Å². The van der Waals surface area contributed by atoms with E-state index >= 15 is 0 Å². The van der Waals surface area contributed by atoms with Crippen LogP contribution in [-0.2, 0) is 4.79 Å². The molecule has 0 aromatic heterocycles. The monoisotopic (exact) mass is 238 g/mol. The molecule has 0 unspecified atom stereocenters. The molecule has 1 fully saturated rings. The van der Waals surface area contributed by atoms with E-state index in [0.29, 0.717) is 12.3 Å². The average Bonchev–Trinajstić information content (AvgIpc) is 2.19. The molecule has 2 rings (SSSR count). The molecule has 0 radical (unpaired) electrons. The van der Waals surface area contributed by atoms with E-state index < -0.39 is 12.1 Å². The summed E-state index contributed by atoms with van der Waals surface area (Å²) in [5.74, 6) is -0.595. The summed E-state index contributed by atoms with van der Waals surface area (Å²) in [7, 11) is 0. The van der Waals surface area contributed by atoms with Crippen molar-refractivity contribution in [2.24, 2.45) is 16.7 Å². The molecule has 0 saturated heterocycles. The predicted molar refractivity (Wildman–Crippen MR) is 65.6 cm³/mol. The topological polar surface area (TPSA) is 57.5 Å². The minimum absolute atomic E-state index is 0.0608. The number of allylic oxidation sites excluding steroid dienone is 1. The van der Waals surface area contributed by atoms with Crippen LogP contribution in [0.4, 0.5) is 0 Å². The number of aliphatic carboxylic acids is 1. The molecule has 0 bridgehead atoms. The minimum Gasteiger partial charge on any atom is -0.478 e. The molecular weight excluding hydrogens is 216 g/mol. The molecule has 1 saturated carbocycles. The molecule has 17 heavy (non-hydrogen) atoms. The summed E-state index contributed by atoms with van der Waals surface area (Å²) in [6, 6.07) is 0. The highest BCUT2D eigenvalue weighted by Gasteiger charge is 2.49. The molecule has 3 atom stereocenters. The van der Waals surface area contributed by atoms with Crippen molar-refractivity contribution in [1.82, 2.24) is 0 Å². The summed E-state index contributed by atoms with van der Waals surface area (Å²) in [6.07, 6.45) is 4.94. The number of carbonyl (C=O) groups is 1. The van der Waals surface area contributed by atoms with Gasteiger partial charge in [0.05, 0.1) is 11.7 Å². The van der Waals surface area contributed by atoms with Gasteiger partial charge < -0.3 is 10.2 Å². The Hall–Kier alpha value is -0.830. The highest BCUT2D eigenvalue weighted by Crippen LogP contribution is 2.56. The zero-order valence-electron chi connectivity index (χ0n) is 10.9. The Morgan fingerprint density at radius 1 is 1.35 bits per heavy atom. The van der Waals surface area contributed by atoms with Crippen LogP contribution < -0.4 is 0 Å². The Morgan fingerprint density at radius 3 is 2.59 bits per heavy atom. The van der Waals surface area contributed by atoms with Crippen LogP contribution >= 0.6 is 0 Å². The van der Waals surface area contributed by atoms with Crippen molar-refractivity contribution in [2.75, 3.05) is 0 Å². The predicted octanol–water partition coefficient (Wildman–Crippen LogP) is 2.59. The molecule has 0 heterocycles. The third-order valence-electron chi connectivity index (χ3n) is 4.83. The smallest absolute Gasteiger partial charge is 0.333 e. The molecule has 2 aliphatic carbocycles. The van der Waals surface area contributed by atoms with Gasteiger partial charge in [0, 0.05) is 0 Å². The van der Waals surface area contributed by atoms with Crippen molar-refractivity contribution >= 4 is 5.97 Å². The van der Waals surface area contributed by atoms with Crippen molar-refractivity contribution in [2.45, 2.75) is 52.6 Å². The zero-order valence-corrected chi connectivity index (χ0v) is 10.9. The van der Waals surface area contributed by atoms with Gasteiger partial charge in [-0.2, -0.15) is 0 Å². The summed E-state index contributed by atoms with van der Waals surface area (Å²) in [5, 5.41) is 19.1. The van der Waals surface area contributed by atoms with Gasteiger partial charge in [-0.1, -0.05) is 33.3 Å². The van der Waals surface area contributed by atoms with Crippen molar-refractivity contribution in [3.63, 3.8) is 0 Å². The van der Waals surface area contributed by atoms with E-state index in [1.54, 1.807) is 0 Å². The lowest BCUT2D eigenvalue weighted by Gasteiger charge is -2.52. The molecule has 0 spiro atoms. The average molecular weight is 238 g/mol. The van der Waals surface area contributed by atoms with Crippen LogP contribution in [0.2, 0.25) is 0 Å². The Kier molecular flexibility index (Phi) is 2.85. The summed E-state index contributed by atoms with van der Waals surface area (Å²) in [5.41, 5.74) is 0.324. The van der Waals surface area contributed by atoms with Gasteiger partial charge in [0.2, 0.25) is 0 Å². The highest BCUT2D eigenvalue weighted by molar-refractivity contribution is 5.88. The lowest BCUT2D eigenvalue weighted by molar-refractivity contribution is -0.135. The first-order chi connectivity index (χ1) is 7.76. The van der Waals surface area contributed by atoms with Gasteiger partial charge in [-0.3, -0.25) is 0 Å².